The molecule has 1 heteroatoms. The molecule has 3 aliphatic carbocycles. The molecule has 0 radical (unpaired) electrons. The predicted octanol–water partition coefficient (Wildman–Crippen LogP) is 1.68. The molecule has 0 aliphatic heterocycles. The van der Waals surface area contributed by atoms with Gasteiger partial charge in [-0.3, -0.25) is 0 Å². The molecule has 0 aromatic rings. The molecule has 56 valence electrons. The molecule has 1 nitrogen and oxygen atoms in total. The van der Waals surface area contributed by atoms with Crippen LogP contribution in [-0.2, 0) is 0 Å². The van der Waals surface area contributed by atoms with Crippen molar-refractivity contribution in [3.8, 4) is 0 Å². The summed E-state index contributed by atoms with van der Waals surface area (Å²) in [4.78, 5) is 0. The van der Waals surface area contributed by atoms with Crippen molar-refractivity contribution >= 4 is 0 Å². The lowest BCUT2D eigenvalue weighted by Crippen LogP contribution is -2.46. The van der Waals surface area contributed by atoms with Gasteiger partial charge in [-0.25, -0.2) is 0 Å². The molecule has 0 heterocycles. The first kappa shape index (κ1) is 5.59. The highest BCUT2D eigenvalue weighted by Gasteiger charge is 2.56. The van der Waals surface area contributed by atoms with Gasteiger partial charge >= 0.3 is 0 Å². The smallest absolute Gasteiger partial charge is 0.0126 e. The van der Waals surface area contributed by atoms with Crippen LogP contribution in [0.2, 0.25) is 0 Å². The molecule has 1 atom stereocenters. The first-order valence-corrected chi connectivity index (χ1v) is 4.65. The molecule has 3 fully saturated rings. The minimum Gasteiger partial charge on any atom is -0.311 e. The van der Waals surface area contributed by atoms with Gasteiger partial charge in [-0.2, -0.15) is 0 Å². The second-order valence-corrected chi connectivity index (χ2v) is 4.39. The lowest BCUT2D eigenvalue weighted by molar-refractivity contribution is 0.182. The van der Waals surface area contributed by atoms with Gasteiger partial charge in [0.25, 0.3) is 0 Å². The fourth-order valence-corrected chi connectivity index (χ4v) is 2.25. The van der Waals surface area contributed by atoms with Gasteiger partial charge in [-0.05, 0) is 43.9 Å². The van der Waals surface area contributed by atoms with E-state index < -0.39 is 0 Å². The minimum absolute atomic E-state index is 0.850. The Labute approximate surface area is 62.2 Å². The molecule has 0 amide bonds. The Morgan fingerprint density at radius 1 is 1.00 bits per heavy atom. The molecule has 3 rings (SSSR count). The summed E-state index contributed by atoms with van der Waals surface area (Å²) in [6.45, 7) is 0. The van der Waals surface area contributed by atoms with Gasteiger partial charge in [0.2, 0.25) is 0 Å². The van der Waals surface area contributed by atoms with Crippen LogP contribution in [0.3, 0.4) is 0 Å². The van der Waals surface area contributed by atoms with E-state index in [0.29, 0.717) is 0 Å². The van der Waals surface area contributed by atoms with Crippen LogP contribution in [0.25, 0.3) is 0 Å². The molecule has 3 aliphatic rings. The molecule has 0 saturated heterocycles. The normalized spacial score (nSPS) is 41.4. The number of hydrogen-bond acceptors (Lipinski definition) is 1. The summed E-state index contributed by atoms with van der Waals surface area (Å²) in [6.07, 6.45) is 8.95. The lowest BCUT2D eigenvalue weighted by Gasteiger charge is -2.38. The molecule has 0 aromatic carbocycles. The van der Waals surface area contributed by atoms with Gasteiger partial charge in [0, 0.05) is 12.1 Å². The molecule has 1 N–H and O–H groups in total. The summed E-state index contributed by atoms with van der Waals surface area (Å²) in [6, 6.07) is 1.88. The molecule has 0 aromatic heterocycles. The number of hydrogen-bond donors (Lipinski definition) is 1. The van der Waals surface area contributed by atoms with Gasteiger partial charge in [0.1, 0.15) is 0 Å². The average molecular weight is 137 g/mol. The van der Waals surface area contributed by atoms with Crippen LogP contribution in [0.1, 0.15) is 38.5 Å². The van der Waals surface area contributed by atoms with Gasteiger partial charge in [0.05, 0.1) is 0 Å². The molecule has 10 heavy (non-hydrogen) atoms. The van der Waals surface area contributed by atoms with E-state index in [1.807, 2.05) is 0 Å². The summed E-state index contributed by atoms with van der Waals surface area (Å²) >= 11 is 0. The largest absolute Gasteiger partial charge is 0.311 e. The Bertz CT molecular complexity index is 156. The summed E-state index contributed by atoms with van der Waals surface area (Å²) in [5, 5.41) is 3.74. The van der Waals surface area contributed by atoms with Gasteiger partial charge in [-0.15, -0.1) is 0 Å². The monoisotopic (exact) mass is 137 g/mol. The SMILES string of the molecule is C1CC1N[C@@H]1CCC12CC2. The highest BCUT2D eigenvalue weighted by Crippen LogP contribution is 2.61. The fraction of sp³-hybridized carbons (Fsp3) is 1.00. The molecule has 1 spiro atoms. The van der Waals surface area contributed by atoms with Crippen molar-refractivity contribution < 1.29 is 0 Å². The molecular formula is C9H15N. The maximum absolute atomic E-state index is 3.74. The summed E-state index contributed by atoms with van der Waals surface area (Å²) in [5.74, 6) is 0. The minimum atomic E-state index is 0.850. The van der Waals surface area contributed by atoms with Crippen LogP contribution in [0.4, 0.5) is 0 Å². The van der Waals surface area contributed by atoms with Crippen molar-refractivity contribution in [2.75, 3.05) is 0 Å². The Hall–Kier alpha value is -0.0400. The topological polar surface area (TPSA) is 12.0 Å². The highest BCUT2D eigenvalue weighted by molar-refractivity contribution is 5.11. The summed E-state index contributed by atoms with van der Waals surface area (Å²) in [5.41, 5.74) is 0.850. The highest BCUT2D eigenvalue weighted by atomic mass is 15.0. The van der Waals surface area contributed by atoms with Gasteiger partial charge < -0.3 is 5.32 Å². The van der Waals surface area contributed by atoms with E-state index in [2.05, 4.69) is 5.32 Å². The zero-order valence-corrected chi connectivity index (χ0v) is 6.40. The Kier molecular flexibility index (Phi) is 0.883. The van der Waals surface area contributed by atoms with E-state index in [0.717, 1.165) is 17.5 Å². The van der Waals surface area contributed by atoms with Crippen molar-refractivity contribution in [2.24, 2.45) is 5.41 Å². The van der Waals surface area contributed by atoms with Crippen molar-refractivity contribution in [1.82, 2.24) is 5.32 Å². The molecule has 0 unspecified atom stereocenters. The first-order valence-electron chi connectivity index (χ1n) is 4.65. The first-order chi connectivity index (χ1) is 4.89. The molecule has 0 bridgehead atoms. The zero-order chi connectivity index (χ0) is 6.60. The second-order valence-electron chi connectivity index (χ2n) is 4.39. The standard InChI is InChI=1S/C9H15N/c1-2-7(1)10-8-3-4-9(8)5-6-9/h7-8,10H,1-6H2/t8-/m1/s1. The Morgan fingerprint density at radius 2 is 1.80 bits per heavy atom. The Morgan fingerprint density at radius 3 is 2.20 bits per heavy atom. The molecular weight excluding hydrogens is 122 g/mol. The fourth-order valence-electron chi connectivity index (χ4n) is 2.25. The van der Waals surface area contributed by atoms with E-state index in [-0.39, 0.29) is 0 Å². The zero-order valence-electron chi connectivity index (χ0n) is 6.40. The van der Waals surface area contributed by atoms with E-state index >= 15 is 0 Å². The maximum atomic E-state index is 3.74. The number of rotatable bonds is 2. The van der Waals surface area contributed by atoms with Crippen LogP contribution in [0.15, 0.2) is 0 Å². The van der Waals surface area contributed by atoms with E-state index in [1.165, 1.54) is 38.5 Å². The van der Waals surface area contributed by atoms with Crippen LogP contribution < -0.4 is 5.32 Å². The third-order valence-electron chi connectivity index (χ3n) is 3.58. The molecule has 3 saturated carbocycles. The quantitative estimate of drug-likeness (QED) is 0.610. The van der Waals surface area contributed by atoms with Crippen LogP contribution in [0, 0.1) is 5.41 Å². The lowest BCUT2D eigenvalue weighted by atomic mass is 9.76. The second kappa shape index (κ2) is 1.58. The Balaban J connectivity index is 1.61. The van der Waals surface area contributed by atoms with E-state index in [1.54, 1.807) is 0 Å². The van der Waals surface area contributed by atoms with E-state index in [9.17, 15) is 0 Å². The third-order valence-corrected chi connectivity index (χ3v) is 3.58. The van der Waals surface area contributed by atoms with E-state index in [4.69, 9.17) is 0 Å². The van der Waals surface area contributed by atoms with Crippen molar-refractivity contribution in [1.29, 1.82) is 0 Å². The van der Waals surface area contributed by atoms with Crippen molar-refractivity contribution in [3.05, 3.63) is 0 Å². The van der Waals surface area contributed by atoms with Gasteiger partial charge in [0.15, 0.2) is 0 Å². The third kappa shape index (κ3) is 0.672. The van der Waals surface area contributed by atoms with Crippen LogP contribution in [0.5, 0.6) is 0 Å². The van der Waals surface area contributed by atoms with Gasteiger partial charge in [-0.1, -0.05) is 0 Å². The van der Waals surface area contributed by atoms with Crippen molar-refractivity contribution in [3.63, 3.8) is 0 Å². The van der Waals surface area contributed by atoms with Crippen LogP contribution in [-0.4, -0.2) is 12.1 Å². The van der Waals surface area contributed by atoms with Crippen molar-refractivity contribution in [2.45, 2.75) is 50.6 Å². The number of nitrogens with one attached hydrogen (secondary N) is 1. The predicted molar refractivity (Wildman–Crippen MR) is 40.8 cm³/mol. The average Bonchev–Trinajstić information content (AvgIpc) is 2.75. The summed E-state index contributed by atoms with van der Waals surface area (Å²) < 4.78 is 0. The maximum Gasteiger partial charge on any atom is 0.0126 e. The summed E-state index contributed by atoms with van der Waals surface area (Å²) in [7, 11) is 0. The van der Waals surface area contributed by atoms with Crippen LogP contribution >= 0.6 is 0 Å².